The molecule has 2 aliphatic heterocycles. The second-order valence-electron chi connectivity index (χ2n) is 9.25. The molecule has 0 amide bonds. The topological polar surface area (TPSA) is 87.5 Å². The zero-order chi connectivity index (χ0) is 24.5. The van der Waals surface area contributed by atoms with Crippen molar-refractivity contribution in [1.29, 1.82) is 5.26 Å². The summed E-state index contributed by atoms with van der Waals surface area (Å²) < 4.78 is 11.6. The number of pyridine rings is 2. The molecule has 0 atom stereocenters. The summed E-state index contributed by atoms with van der Waals surface area (Å²) in [5.74, 6) is 0.989. The third kappa shape index (κ3) is 4.57. The van der Waals surface area contributed by atoms with E-state index in [1.165, 1.54) is 0 Å². The molecule has 2 saturated heterocycles. The first kappa shape index (κ1) is 23.0. The minimum Gasteiger partial charge on any atom is -0.381 e. The smallest absolute Gasteiger partial charge is 0.128 e. The highest BCUT2D eigenvalue weighted by Gasteiger charge is 2.23. The van der Waals surface area contributed by atoms with Crippen LogP contribution in [0.3, 0.4) is 0 Å². The Morgan fingerprint density at radius 2 is 1.81 bits per heavy atom. The van der Waals surface area contributed by atoms with Crippen molar-refractivity contribution in [2.75, 3.05) is 44.3 Å². The van der Waals surface area contributed by atoms with E-state index in [1.54, 1.807) is 15.4 Å². The molecule has 10 heteroatoms. The van der Waals surface area contributed by atoms with Gasteiger partial charge in [0.15, 0.2) is 0 Å². The maximum absolute atomic E-state index is 9.67. The van der Waals surface area contributed by atoms with Gasteiger partial charge in [0.25, 0.3) is 0 Å². The lowest BCUT2D eigenvalue weighted by Gasteiger charge is -2.36. The van der Waals surface area contributed by atoms with Crippen LogP contribution in [0.2, 0.25) is 0 Å². The number of hydrogen-bond acceptors (Lipinski definition) is 8. The molecule has 9 nitrogen and oxygen atoms in total. The standard InChI is InChI=1S/C26H28N8OS/c1-31-17-22(16-29-31)20-12-24(26-21(13-27)15-30-34(26)18-20)19-2-3-25(28-14-19)32-6-8-33(9-7-32)36-23-4-10-35-11-5-23/h2-3,12,14-18,23H,4-11H2,1H3. The van der Waals surface area contributed by atoms with E-state index in [1.807, 2.05) is 43.8 Å². The molecule has 36 heavy (non-hydrogen) atoms. The van der Waals surface area contributed by atoms with Crippen molar-refractivity contribution in [2.24, 2.45) is 7.05 Å². The van der Waals surface area contributed by atoms with Gasteiger partial charge in [-0.05, 0) is 31.0 Å². The monoisotopic (exact) mass is 500 g/mol. The fourth-order valence-corrected chi connectivity index (χ4v) is 6.10. The van der Waals surface area contributed by atoms with Crippen molar-refractivity contribution in [3.8, 4) is 28.3 Å². The third-order valence-corrected chi connectivity index (χ3v) is 8.29. The summed E-state index contributed by atoms with van der Waals surface area (Å²) in [5, 5.41) is 19.1. The quantitative estimate of drug-likeness (QED) is 0.384. The van der Waals surface area contributed by atoms with Crippen molar-refractivity contribution >= 4 is 23.3 Å². The van der Waals surface area contributed by atoms with E-state index < -0.39 is 0 Å². The number of aryl methyl sites for hydroxylation is 1. The highest BCUT2D eigenvalue weighted by molar-refractivity contribution is 7.97. The number of rotatable bonds is 5. The fraction of sp³-hybridized carbons (Fsp3) is 0.385. The Morgan fingerprint density at radius 3 is 2.50 bits per heavy atom. The average Bonchev–Trinajstić information content (AvgIpc) is 3.55. The average molecular weight is 501 g/mol. The molecular formula is C26H28N8OS. The number of ether oxygens (including phenoxy) is 1. The van der Waals surface area contributed by atoms with Crippen LogP contribution < -0.4 is 4.90 Å². The summed E-state index contributed by atoms with van der Waals surface area (Å²) >= 11 is 2.01. The van der Waals surface area contributed by atoms with Crippen molar-refractivity contribution in [3.05, 3.63) is 54.7 Å². The first-order chi connectivity index (χ1) is 17.7. The number of aromatic nitrogens is 5. The van der Waals surface area contributed by atoms with Gasteiger partial charge in [-0.3, -0.25) is 4.68 Å². The predicted molar refractivity (Wildman–Crippen MR) is 141 cm³/mol. The predicted octanol–water partition coefficient (Wildman–Crippen LogP) is 3.62. The molecule has 0 bridgehead atoms. The van der Waals surface area contributed by atoms with E-state index in [2.05, 4.69) is 43.7 Å². The van der Waals surface area contributed by atoms with E-state index in [9.17, 15) is 5.26 Å². The van der Waals surface area contributed by atoms with Gasteiger partial charge in [-0.15, -0.1) is 0 Å². The van der Waals surface area contributed by atoms with Crippen LogP contribution >= 0.6 is 11.9 Å². The summed E-state index contributed by atoms with van der Waals surface area (Å²) in [7, 11) is 1.90. The lowest BCUT2D eigenvalue weighted by atomic mass is 10.0. The Kier molecular flexibility index (Phi) is 6.35. The van der Waals surface area contributed by atoms with Crippen molar-refractivity contribution in [1.82, 2.24) is 28.7 Å². The maximum atomic E-state index is 9.67. The molecule has 0 aromatic carbocycles. The second kappa shape index (κ2) is 9.93. The molecular weight excluding hydrogens is 472 g/mol. The molecule has 4 aromatic rings. The van der Waals surface area contributed by atoms with Crippen molar-refractivity contribution < 1.29 is 4.74 Å². The van der Waals surface area contributed by atoms with Crippen LogP contribution in [0.5, 0.6) is 0 Å². The lowest BCUT2D eigenvalue weighted by Crippen LogP contribution is -2.44. The van der Waals surface area contributed by atoms with Gasteiger partial charge < -0.3 is 9.64 Å². The summed E-state index contributed by atoms with van der Waals surface area (Å²) in [5.41, 5.74) is 5.21. The Balaban J connectivity index is 1.22. The van der Waals surface area contributed by atoms with E-state index in [4.69, 9.17) is 9.72 Å². The minimum absolute atomic E-state index is 0.546. The highest BCUT2D eigenvalue weighted by atomic mass is 32.2. The zero-order valence-corrected chi connectivity index (χ0v) is 21.1. The second-order valence-corrected chi connectivity index (χ2v) is 10.6. The zero-order valence-electron chi connectivity index (χ0n) is 20.2. The lowest BCUT2D eigenvalue weighted by molar-refractivity contribution is 0.0994. The Hall–Kier alpha value is -3.39. The highest BCUT2D eigenvalue weighted by Crippen LogP contribution is 2.33. The van der Waals surface area contributed by atoms with E-state index in [-0.39, 0.29) is 0 Å². The van der Waals surface area contributed by atoms with Gasteiger partial charge in [-0.25, -0.2) is 13.8 Å². The van der Waals surface area contributed by atoms with Crippen LogP contribution in [0.15, 0.2) is 49.2 Å². The first-order valence-corrected chi connectivity index (χ1v) is 13.1. The fourth-order valence-electron chi connectivity index (χ4n) is 4.90. The number of nitriles is 1. The maximum Gasteiger partial charge on any atom is 0.128 e. The molecule has 4 aromatic heterocycles. The Labute approximate surface area is 214 Å². The van der Waals surface area contributed by atoms with Gasteiger partial charge in [-0.2, -0.15) is 15.5 Å². The van der Waals surface area contributed by atoms with E-state index in [0.717, 1.165) is 85.8 Å². The summed E-state index contributed by atoms with van der Waals surface area (Å²) in [6.45, 7) is 5.76. The third-order valence-electron chi connectivity index (χ3n) is 6.86. The van der Waals surface area contributed by atoms with Crippen molar-refractivity contribution in [3.63, 3.8) is 0 Å². The molecule has 0 spiro atoms. The van der Waals surface area contributed by atoms with Gasteiger partial charge in [-0.1, -0.05) is 11.9 Å². The summed E-state index contributed by atoms with van der Waals surface area (Å²) in [6.07, 6.45) is 11.6. The number of anilines is 1. The van der Waals surface area contributed by atoms with Crippen LogP contribution in [0, 0.1) is 11.3 Å². The number of hydrogen-bond donors (Lipinski definition) is 0. The van der Waals surface area contributed by atoms with Gasteiger partial charge in [0.1, 0.15) is 11.9 Å². The largest absolute Gasteiger partial charge is 0.381 e. The molecule has 0 saturated carbocycles. The molecule has 0 N–H and O–H groups in total. The van der Waals surface area contributed by atoms with Gasteiger partial charge >= 0.3 is 0 Å². The van der Waals surface area contributed by atoms with E-state index in [0.29, 0.717) is 10.8 Å². The van der Waals surface area contributed by atoms with Crippen LogP contribution in [-0.2, 0) is 11.8 Å². The first-order valence-electron chi connectivity index (χ1n) is 12.3. The molecule has 2 aliphatic rings. The molecule has 0 radical (unpaired) electrons. The number of piperazine rings is 1. The van der Waals surface area contributed by atoms with Gasteiger partial charge in [0.05, 0.1) is 23.5 Å². The van der Waals surface area contributed by atoms with E-state index >= 15 is 0 Å². The molecule has 184 valence electrons. The summed E-state index contributed by atoms with van der Waals surface area (Å²) in [4.78, 5) is 7.18. The SMILES string of the molecule is Cn1cc(-c2cc(-c3ccc(N4CCN(SC5CCOCC5)CC4)nc3)c3c(C#N)cnn3c2)cn1. The minimum atomic E-state index is 0.546. The van der Waals surface area contributed by atoms with Gasteiger partial charge in [0.2, 0.25) is 0 Å². The van der Waals surface area contributed by atoms with Crippen molar-refractivity contribution in [2.45, 2.75) is 18.1 Å². The molecule has 2 fully saturated rings. The van der Waals surface area contributed by atoms with Gasteiger partial charge in [0, 0.05) is 92.5 Å². The number of nitrogens with zero attached hydrogens (tertiary/aromatic N) is 8. The number of fused-ring (bicyclic) bond motifs is 1. The molecule has 6 heterocycles. The summed E-state index contributed by atoms with van der Waals surface area (Å²) in [6, 6.07) is 8.56. The van der Waals surface area contributed by atoms with Crippen LogP contribution in [-0.4, -0.2) is 73.3 Å². The molecule has 6 rings (SSSR count). The van der Waals surface area contributed by atoms with Crippen LogP contribution in [0.25, 0.3) is 27.8 Å². The Bertz CT molecular complexity index is 1390. The van der Waals surface area contributed by atoms with Crippen LogP contribution in [0.4, 0.5) is 5.82 Å². The Morgan fingerprint density at radius 1 is 0.972 bits per heavy atom. The molecule has 0 aliphatic carbocycles. The van der Waals surface area contributed by atoms with Crippen LogP contribution in [0.1, 0.15) is 18.4 Å². The normalized spacial score (nSPS) is 17.5. The molecule has 0 unspecified atom stereocenters.